The number of nitrogens with two attached hydrogens (primary N) is 1. The highest BCUT2D eigenvalue weighted by atomic mass is 16.2. The molecule has 0 spiro atoms. The Balaban J connectivity index is 2.02. The average molecular weight is 270 g/mol. The summed E-state index contributed by atoms with van der Waals surface area (Å²) >= 11 is 0. The number of nitrogens with zero attached hydrogens (tertiary/aromatic N) is 3. The zero-order valence-corrected chi connectivity index (χ0v) is 11.7. The van der Waals surface area contributed by atoms with E-state index in [2.05, 4.69) is 5.10 Å². The standard InChI is InChI=1S/C15H18N4O/c1-10-12(9-17-18(10)2)15(20)19-8-7-13(16)11-5-3-4-6-14(11)19/h3-6,9,13H,7-8,16H2,1-2H3. The normalized spacial score (nSPS) is 17.9. The highest BCUT2D eigenvalue weighted by Crippen LogP contribution is 2.33. The van der Waals surface area contributed by atoms with Crippen molar-refractivity contribution in [1.29, 1.82) is 0 Å². The van der Waals surface area contributed by atoms with Crippen LogP contribution in [0.2, 0.25) is 0 Å². The van der Waals surface area contributed by atoms with Crippen molar-refractivity contribution >= 4 is 11.6 Å². The van der Waals surface area contributed by atoms with E-state index in [9.17, 15) is 4.79 Å². The zero-order chi connectivity index (χ0) is 14.3. The molecule has 1 atom stereocenters. The molecule has 5 nitrogen and oxygen atoms in total. The van der Waals surface area contributed by atoms with Gasteiger partial charge in [-0.1, -0.05) is 18.2 Å². The number of amides is 1. The van der Waals surface area contributed by atoms with Gasteiger partial charge in [0.1, 0.15) is 0 Å². The van der Waals surface area contributed by atoms with Crippen LogP contribution in [0.25, 0.3) is 0 Å². The summed E-state index contributed by atoms with van der Waals surface area (Å²) in [5.41, 5.74) is 9.61. The number of benzene rings is 1. The first kappa shape index (κ1) is 12.9. The molecule has 1 aliphatic heterocycles. The van der Waals surface area contributed by atoms with Crippen LogP contribution in [0.1, 0.15) is 34.1 Å². The van der Waals surface area contributed by atoms with E-state index in [0.29, 0.717) is 12.1 Å². The molecule has 3 rings (SSSR count). The number of fused-ring (bicyclic) bond motifs is 1. The van der Waals surface area contributed by atoms with Crippen molar-refractivity contribution in [3.8, 4) is 0 Å². The fourth-order valence-corrected chi connectivity index (χ4v) is 2.66. The van der Waals surface area contributed by atoms with Crippen molar-refractivity contribution in [2.75, 3.05) is 11.4 Å². The van der Waals surface area contributed by atoms with Crippen LogP contribution >= 0.6 is 0 Å². The SMILES string of the molecule is Cc1c(C(=O)N2CCC(N)c3ccccc32)cnn1C. The number of para-hydroxylation sites is 1. The number of aryl methyl sites for hydroxylation is 1. The van der Waals surface area contributed by atoms with Crippen LogP contribution in [0, 0.1) is 6.92 Å². The average Bonchev–Trinajstić information content (AvgIpc) is 2.79. The van der Waals surface area contributed by atoms with Gasteiger partial charge in [0.15, 0.2) is 0 Å². The molecule has 20 heavy (non-hydrogen) atoms. The van der Waals surface area contributed by atoms with E-state index in [0.717, 1.165) is 23.4 Å². The number of aromatic nitrogens is 2. The summed E-state index contributed by atoms with van der Waals surface area (Å²) in [6.45, 7) is 2.55. The summed E-state index contributed by atoms with van der Waals surface area (Å²) in [5, 5.41) is 4.15. The van der Waals surface area contributed by atoms with E-state index >= 15 is 0 Å². The Morgan fingerprint density at radius 1 is 1.40 bits per heavy atom. The lowest BCUT2D eigenvalue weighted by Crippen LogP contribution is -2.38. The van der Waals surface area contributed by atoms with Crippen molar-refractivity contribution < 1.29 is 4.79 Å². The molecule has 1 aliphatic rings. The summed E-state index contributed by atoms with van der Waals surface area (Å²) in [5.74, 6) is -0.00468. The Kier molecular flexibility index (Phi) is 3.06. The molecule has 5 heteroatoms. The second-order valence-electron chi connectivity index (χ2n) is 5.18. The van der Waals surface area contributed by atoms with E-state index in [1.807, 2.05) is 43.1 Å². The van der Waals surface area contributed by atoms with Crippen LogP contribution in [0.3, 0.4) is 0 Å². The number of rotatable bonds is 1. The minimum absolute atomic E-state index is 0.00468. The van der Waals surface area contributed by atoms with Crippen LogP contribution in [-0.4, -0.2) is 22.2 Å². The van der Waals surface area contributed by atoms with E-state index < -0.39 is 0 Å². The number of hydrogen-bond donors (Lipinski definition) is 1. The molecule has 0 aliphatic carbocycles. The zero-order valence-electron chi connectivity index (χ0n) is 11.7. The summed E-state index contributed by atoms with van der Waals surface area (Å²) < 4.78 is 1.72. The molecule has 0 bridgehead atoms. The fraction of sp³-hybridized carbons (Fsp3) is 0.333. The molecule has 0 saturated carbocycles. The Morgan fingerprint density at radius 2 is 2.15 bits per heavy atom. The molecule has 1 unspecified atom stereocenters. The van der Waals surface area contributed by atoms with Gasteiger partial charge in [0.05, 0.1) is 11.8 Å². The molecule has 2 heterocycles. The third kappa shape index (κ3) is 1.91. The molecule has 1 aromatic carbocycles. The van der Waals surface area contributed by atoms with Crippen molar-refractivity contribution in [2.24, 2.45) is 12.8 Å². The summed E-state index contributed by atoms with van der Waals surface area (Å²) in [6.07, 6.45) is 2.41. The maximum Gasteiger partial charge on any atom is 0.261 e. The third-order valence-corrected chi connectivity index (χ3v) is 4.00. The predicted octanol–water partition coefficient (Wildman–Crippen LogP) is 1.78. The van der Waals surface area contributed by atoms with Crippen molar-refractivity contribution in [3.05, 3.63) is 47.3 Å². The molecule has 2 N–H and O–H groups in total. The first-order valence-electron chi connectivity index (χ1n) is 6.74. The molecule has 104 valence electrons. The van der Waals surface area contributed by atoms with Gasteiger partial charge in [0.2, 0.25) is 0 Å². The second kappa shape index (κ2) is 4.76. The topological polar surface area (TPSA) is 64.2 Å². The highest BCUT2D eigenvalue weighted by molar-refractivity contribution is 6.07. The maximum atomic E-state index is 12.7. The van der Waals surface area contributed by atoms with Crippen molar-refractivity contribution in [2.45, 2.75) is 19.4 Å². The predicted molar refractivity (Wildman–Crippen MR) is 77.6 cm³/mol. The first-order valence-corrected chi connectivity index (χ1v) is 6.74. The molecule has 2 aromatic rings. The minimum atomic E-state index is -0.00468. The van der Waals surface area contributed by atoms with Crippen molar-refractivity contribution in [1.82, 2.24) is 9.78 Å². The largest absolute Gasteiger partial charge is 0.324 e. The van der Waals surface area contributed by atoms with E-state index in [-0.39, 0.29) is 11.9 Å². The smallest absolute Gasteiger partial charge is 0.261 e. The van der Waals surface area contributed by atoms with Gasteiger partial charge in [0, 0.05) is 31.0 Å². The lowest BCUT2D eigenvalue weighted by atomic mass is 9.96. The molecule has 0 radical (unpaired) electrons. The van der Waals surface area contributed by atoms with Crippen LogP contribution in [0.4, 0.5) is 5.69 Å². The second-order valence-corrected chi connectivity index (χ2v) is 5.18. The van der Waals surface area contributed by atoms with Crippen LogP contribution < -0.4 is 10.6 Å². The van der Waals surface area contributed by atoms with E-state index in [4.69, 9.17) is 5.73 Å². The summed E-state index contributed by atoms with van der Waals surface area (Å²) in [6, 6.07) is 7.85. The lowest BCUT2D eigenvalue weighted by Gasteiger charge is -2.32. The maximum absolute atomic E-state index is 12.7. The first-order chi connectivity index (χ1) is 9.59. The molecular formula is C15H18N4O. The summed E-state index contributed by atoms with van der Waals surface area (Å²) in [4.78, 5) is 14.5. The number of hydrogen-bond acceptors (Lipinski definition) is 3. The van der Waals surface area contributed by atoms with Gasteiger partial charge < -0.3 is 10.6 Å². The minimum Gasteiger partial charge on any atom is -0.324 e. The Hall–Kier alpha value is -2.14. The Morgan fingerprint density at radius 3 is 2.85 bits per heavy atom. The Bertz CT molecular complexity index is 662. The number of anilines is 1. The molecule has 0 saturated heterocycles. The van der Waals surface area contributed by atoms with Crippen LogP contribution in [0.5, 0.6) is 0 Å². The van der Waals surface area contributed by atoms with E-state index in [1.54, 1.807) is 10.9 Å². The van der Waals surface area contributed by atoms with Crippen LogP contribution in [-0.2, 0) is 7.05 Å². The fourth-order valence-electron chi connectivity index (χ4n) is 2.66. The van der Waals surface area contributed by atoms with Gasteiger partial charge >= 0.3 is 0 Å². The van der Waals surface area contributed by atoms with Gasteiger partial charge in [-0.25, -0.2) is 0 Å². The lowest BCUT2D eigenvalue weighted by molar-refractivity contribution is 0.0983. The molecule has 0 fully saturated rings. The van der Waals surface area contributed by atoms with Crippen LogP contribution in [0.15, 0.2) is 30.5 Å². The molecule has 1 amide bonds. The highest BCUT2D eigenvalue weighted by Gasteiger charge is 2.28. The van der Waals surface area contributed by atoms with Gasteiger partial charge in [-0.05, 0) is 25.0 Å². The van der Waals surface area contributed by atoms with Crippen molar-refractivity contribution in [3.63, 3.8) is 0 Å². The van der Waals surface area contributed by atoms with E-state index in [1.165, 1.54) is 0 Å². The molecular weight excluding hydrogens is 252 g/mol. The van der Waals surface area contributed by atoms with Gasteiger partial charge in [0.25, 0.3) is 5.91 Å². The molecule has 1 aromatic heterocycles. The van der Waals surface area contributed by atoms with Gasteiger partial charge in [-0.2, -0.15) is 5.10 Å². The third-order valence-electron chi connectivity index (χ3n) is 4.00. The van der Waals surface area contributed by atoms with Gasteiger partial charge in [-0.3, -0.25) is 9.48 Å². The number of carbonyl (C=O) groups is 1. The Labute approximate surface area is 118 Å². The quantitative estimate of drug-likeness (QED) is 0.859. The number of carbonyl (C=O) groups excluding carboxylic acids is 1. The monoisotopic (exact) mass is 270 g/mol. The van der Waals surface area contributed by atoms with Gasteiger partial charge in [-0.15, -0.1) is 0 Å². The summed E-state index contributed by atoms with van der Waals surface area (Å²) in [7, 11) is 1.84.